The molecule has 25 heavy (non-hydrogen) atoms. The Morgan fingerprint density at radius 3 is 2.96 bits per heavy atom. The molecule has 132 valence electrons. The Balaban J connectivity index is 1.76. The maximum atomic E-state index is 12.2. The van der Waals surface area contributed by atoms with Crippen LogP contribution in [0.25, 0.3) is 17.1 Å². The zero-order valence-electron chi connectivity index (χ0n) is 14.7. The second-order valence-corrected chi connectivity index (χ2v) is 6.55. The molecule has 0 unspecified atom stereocenters. The number of ether oxygens (including phenoxy) is 1. The standard InChI is InChI=1S/C18H23N5O2/c1-11(2)6-13(9-25-3)21-18-22-16(17(24)23-18)8-12-4-5-14-15(7-12)20-10-19-14/h4-5,7-8,10-11,13H,6,9H2,1-3H3,(H,19,20)(H2,21,22,23,24)/b16-8-/t13-/m1/s1. The van der Waals surface area contributed by atoms with Crippen molar-refractivity contribution in [1.29, 1.82) is 0 Å². The van der Waals surface area contributed by atoms with E-state index in [-0.39, 0.29) is 11.9 Å². The van der Waals surface area contributed by atoms with Crippen LogP contribution in [0.4, 0.5) is 0 Å². The molecule has 0 saturated heterocycles. The lowest BCUT2D eigenvalue weighted by Crippen LogP contribution is -2.45. The zero-order chi connectivity index (χ0) is 17.8. The highest BCUT2D eigenvalue weighted by Gasteiger charge is 2.22. The van der Waals surface area contributed by atoms with Gasteiger partial charge < -0.3 is 15.0 Å². The van der Waals surface area contributed by atoms with Crippen molar-refractivity contribution in [2.75, 3.05) is 13.7 Å². The van der Waals surface area contributed by atoms with Crippen molar-refractivity contribution in [2.45, 2.75) is 26.3 Å². The van der Waals surface area contributed by atoms with Gasteiger partial charge in [0.1, 0.15) is 5.70 Å². The highest BCUT2D eigenvalue weighted by molar-refractivity contribution is 6.13. The summed E-state index contributed by atoms with van der Waals surface area (Å²) in [5.74, 6) is 0.770. The summed E-state index contributed by atoms with van der Waals surface area (Å²) < 4.78 is 5.24. The molecular weight excluding hydrogens is 318 g/mol. The summed E-state index contributed by atoms with van der Waals surface area (Å²) in [4.78, 5) is 23.8. The first kappa shape index (κ1) is 17.2. The van der Waals surface area contributed by atoms with Crippen LogP contribution in [0.2, 0.25) is 0 Å². The van der Waals surface area contributed by atoms with Gasteiger partial charge in [-0.25, -0.2) is 9.98 Å². The molecule has 1 aliphatic rings. The molecule has 0 aliphatic carbocycles. The lowest BCUT2D eigenvalue weighted by molar-refractivity contribution is -0.115. The molecule has 7 heteroatoms. The van der Waals surface area contributed by atoms with E-state index in [0.717, 1.165) is 23.0 Å². The lowest BCUT2D eigenvalue weighted by atomic mass is 10.0. The summed E-state index contributed by atoms with van der Waals surface area (Å²) >= 11 is 0. The number of fused-ring (bicyclic) bond motifs is 1. The van der Waals surface area contributed by atoms with Gasteiger partial charge in [0.05, 0.1) is 30.0 Å². The number of aliphatic imine (C=N–C) groups is 1. The smallest absolute Gasteiger partial charge is 0.276 e. The molecule has 0 bridgehead atoms. The van der Waals surface area contributed by atoms with Crippen LogP contribution in [-0.4, -0.2) is 41.6 Å². The second kappa shape index (κ2) is 7.48. The Bertz CT molecular complexity index is 822. The number of hydrogen-bond acceptors (Lipinski definition) is 5. The molecule has 2 heterocycles. The topological polar surface area (TPSA) is 91.4 Å². The van der Waals surface area contributed by atoms with E-state index in [0.29, 0.717) is 24.2 Å². The predicted molar refractivity (Wildman–Crippen MR) is 97.9 cm³/mol. The van der Waals surface area contributed by atoms with Crippen molar-refractivity contribution in [3.8, 4) is 0 Å². The first-order valence-electron chi connectivity index (χ1n) is 8.35. The van der Waals surface area contributed by atoms with E-state index < -0.39 is 0 Å². The minimum Gasteiger partial charge on any atom is -0.383 e. The van der Waals surface area contributed by atoms with Crippen LogP contribution in [0.3, 0.4) is 0 Å². The molecule has 0 radical (unpaired) electrons. The van der Waals surface area contributed by atoms with Gasteiger partial charge >= 0.3 is 0 Å². The number of H-pyrrole nitrogens is 1. The van der Waals surface area contributed by atoms with Gasteiger partial charge in [0.15, 0.2) is 0 Å². The molecule has 1 aromatic heterocycles. The van der Waals surface area contributed by atoms with Gasteiger partial charge in [-0.1, -0.05) is 19.9 Å². The van der Waals surface area contributed by atoms with Crippen LogP contribution >= 0.6 is 0 Å². The average molecular weight is 341 g/mol. The van der Waals surface area contributed by atoms with Gasteiger partial charge in [-0.2, -0.15) is 0 Å². The summed E-state index contributed by atoms with van der Waals surface area (Å²) in [5.41, 5.74) is 3.07. The number of amides is 1. The number of imidazole rings is 1. The maximum Gasteiger partial charge on any atom is 0.276 e. The number of hydrogen-bond donors (Lipinski definition) is 3. The van der Waals surface area contributed by atoms with Crippen molar-refractivity contribution in [2.24, 2.45) is 10.9 Å². The number of benzene rings is 1. The first-order chi connectivity index (χ1) is 12.0. The number of nitrogens with zero attached hydrogens (tertiary/aromatic N) is 2. The minimum absolute atomic E-state index is 0.101. The first-order valence-corrected chi connectivity index (χ1v) is 8.35. The fourth-order valence-corrected chi connectivity index (χ4v) is 2.87. The van der Waals surface area contributed by atoms with Gasteiger partial charge in [-0.05, 0) is 36.1 Å². The Hall–Kier alpha value is -2.67. The summed E-state index contributed by atoms with van der Waals surface area (Å²) in [7, 11) is 1.67. The van der Waals surface area contributed by atoms with E-state index in [1.165, 1.54) is 0 Å². The van der Waals surface area contributed by atoms with E-state index in [9.17, 15) is 4.79 Å². The van der Waals surface area contributed by atoms with Gasteiger partial charge in [-0.15, -0.1) is 0 Å². The Labute approximate surface area is 146 Å². The molecule has 0 spiro atoms. The third-order valence-corrected chi connectivity index (χ3v) is 3.91. The highest BCUT2D eigenvalue weighted by atomic mass is 16.5. The second-order valence-electron chi connectivity index (χ2n) is 6.55. The fourth-order valence-electron chi connectivity index (χ4n) is 2.87. The van der Waals surface area contributed by atoms with Crippen LogP contribution in [0.15, 0.2) is 35.2 Å². The third-order valence-electron chi connectivity index (χ3n) is 3.91. The van der Waals surface area contributed by atoms with E-state index in [1.807, 2.05) is 18.2 Å². The number of carbonyl (C=O) groups excluding carboxylic acids is 1. The number of aromatic nitrogens is 2. The largest absolute Gasteiger partial charge is 0.383 e. The molecule has 7 nitrogen and oxygen atoms in total. The molecule has 1 amide bonds. The van der Waals surface area contributed by atoms with E-state index in [1.54, 1.807) is 19.5 Å². The normalized spacial score (nSPS) is 17.2. The molecule has 0 fully saturated rings. The van der Waals surface area contributed by atoms with Crippen molar-refractivity contribution < 1.29 is 9.53 Å². The number of carbonyl (C=O) groups is 1. The summed E-state index contributed by atoms with van der Waals surface area (Å²) in [6.45, 7) is 4.85. The summed E-state index contributed by atoms with van der Waals surface area (Å²) in [6, 6.07) is 5.87. The molecular formula is C18H23N5O2. The third kappa shape index (κ3) is 4.24. The summed E-state index contributed by atoms with van der Waals surface area (Å²) in [6.07, 6.45) is 4.33. The lowest BCUT2D eigenvalue weighted by Gasteiger charge is -2.20. The fraction of sp³-hybridized carbons (Fsp3) is 0.389. The SMILES string of the molecule is COC[C@@H](CC(C)C)NC1=N/C(=C\c2ccc3[nH]cnc3c2)C(=O)N1. The zero-order valence-corrected chi connectivity index (χ0v) is 14.7. The van der Waals surface area contributed by atoms with Crippen LogP contribution in [-0.2, 0) is 9.53 Å². The number of methoxy groups -OCH3 is 1. The highest BCUT2D eigenvalue weighted by Crippen LogP contribution is 2.16. The monoisotopic (exact) mass is 341 g/mol. The van der Waals surface area contributed by atoms with Crippen LogP contribution < -0.4 is 10.6 Å². The predicted octanol–water partition coefficient (Wildman–Crippen LogP) is 2.04. The molecule has 1 atom stereocenters. The van der Waals surface area contributed by atoms with Crippen LogP contribution in [0, 0.1) is 5.92 Å². The Morgan fingerprint density at radius 1 is 1.36 bits per heavy atom. The van der Waals surface area contributed by atoms with E-state index in [2.05, 4.69) is 39.4 Å². The van der Waals surface area contributed by atoms with Gasteiger partial charge in [-0.3, -0.25) is 10.1 Å². The van der Waals surface area contributed by atoms with Crippen molar-refractivity contribution >= 4 is 29.0 Å². The molecule has 3 rings (SSSR count). The average Bonchev–Trinajstić information content (AvgIpc) is 3.13. The van der Waals surface area contributed by atoms with E-state index in [4.69, 9.17) is 4.74 Å². The van der Waals surface area contributed by atoms with Gasteiger partial charge in [0, 0.05) is 7.11 Å². The number of guanidine groups is 1. The molecule has 1 aliphatic heterocycles. The number of aromatic amines is 1. The van der Waals surface area contributed by atoms with Crippen molar-refractivity contribution in [3.63, 3.8) is 0 Å². The molecule has 3 N–H and O–H groups in total. The summed E-state index contributed by atoms with van der Waals surface area (Å²) in [5, 5.41) is 6.03. The van der Waals surface area contributed by atoms with Gasteiger partial charge in [0.2, 0.25) is 5.96 Å². The molecule has 0 saturated carbocycles. The maximum absolute atomic E-state index is 12.2. The molecule has 1 aromatic carbocycles. The minimum atomic E-state index is -0.217. The molecule has 2 aromatic rings. The van der Waals surface area contributed by atoms with Crippen LogP contribution in [0.1, 0.15) is 25.8 Å². The number of rotatable bonds is 6. The van der Waals surface area contributed by atoms with Crippen molar-refractivity contribution in [3.05, 3.63) is 35.8 Å². The van der Waals surface area contributed by atoms with Crippen LogP contribution in [0.5, 0.6) is 0 Å². The van der Waals surface area contributed by atoms with Crippen molar-refractivity contribution in [1.82, 2.24) is 20.6 Å². The Kier molecular flexibility index (Phi) is 5.14. The number of nitrogens with one attached hydrogen (secondary N) is 3. The quantitative estimate of drug-likeness (QED) is 0.701. The van der Waals surface area contributed by atoms with E-state index >= 15 is 0 Å². The van der Waals surface area contributed by atoms with Gasteiger partial charge in [0.25, 0.3) is 5.91 Å². The Morgan fingerprint density at radius 2 is 2.20 bits per heavy atom.